The normalized spacial score (nSPS) is 16.9. The van der Waals surface area contributed by atoms with Gasteiger partial charge in [0.15, 0.2) is 4.32 Å². The summed E-state index contributed by atoms with van der Waals surface area (Å²) < 4.78 is 0.290. The smallest absolute Gasteiger partial charge is 0.273 e. The third-order valence-electron chi connectivity index (χ3n) is 2.82. The van der Waals surface area contributed by atoms with Crippen LogP contribution in [0.3, 0.4) is 0 Å². The van der Waals surface area contributed by atoms with Gasteiger partial charge in [0.1, 0.15) is 0 Å². The van der Waals surface area contributed by atoms with Crippen molar-refractivity contribution in [1.29, 1.82) is 0 Å². The van der Waals surface area contributed by atoms with Gasteiger partial charge in [0, 0.05) is 26.7 Å². The first kappa shape index (κ1) is 14.7. The van der Waals surface area contributed by atoms with Crippen LogP contribution in [0.4, 0.5) is 5.69 Å². The predicted octanol–water partition coefficient (Wildman–Crippen LogP) is 2.50. The maximum atomic E-state index is 12.1. The summed E-state index contributed by atoms with van der Waals surface area (Å²) in [5.41, 5.74) is 1.98. The molecule has 0 radical (unpaired) electrons. The van der Waals surface area contributed by atoms with E-state index in [0.717, 1.165) is 27.9 Å². The van der Waals surface area contributed by atoms with Crippen LogP contribution in [0, 0.1) is 0 Å². The van der Waals surface area contributed by atoms with Crippen molar-refractivity contribution >= 4 is 51.9 Å². The maximum Gasteiger partial charge on any atom is 0.273 e. The van der Waals surface area contributed by atoms with E-state index in [1.165, 1.54) is 6.92 Å². The zero-order valence-electron chi connectivity index (χ0n) is 11.4. The van der Waals surface area contributed by atoms with Crippen molar-refractivity contribution in [1.82, 2.24) is 4.90 Å². The maximum absolute atomic E-state index is 12.1. The fourth-order valence-corrected chi connectivity index (χ4v) is 3.10. The average Bonchev–Trinajstić information content (AvgIpc) is 2.65. The third-order valence-corrected chi connectivity index (χ3v) is 4.12. The molecule has 0 N–H and O–H groups in total. The first-order valence-electron chi connectivity index (χ1n) is 5.96. The van der Waals surface area contributed by atoms with E-state index in [1.54, 1.807) is 6.08 Å². The SMILES string of the molecule is CC(=O)N1C(=O)C(=Cc2ccc(N(C)C)cc2)SC1=S. The zero-order chi connectivity index (χ0) is 14.9. The lowest BCUT2D eigenvalue weighted by molar-refractivity contribution is -0.135. The first-order chi connectivity index (χ1) is 9.40. The summed E-state index contributed by atoms with van der Waals surface area (Å²) in [6.07, 6.45) is 1.75. The van der Waals surface area contributed by atoms with Gasteiger partial charge in [0.2, 0.25) is 5.91 Å². The number of carbonyl (C=O) groups excluding carboxylic acids is 2. The van der Waals surface area contributed by atoms with E-state index in [0.29, 0.717) is 9.23 Å². The minimum atomic E-state index is -0.348. The monoisotopic (exact) mass is 306 g/mol. The second-order valence-electron chi connectivity index (χ2n) is 4.52. The molecule has 1 heterocycles. The summed E-state index contributed by atoms with van der Waals surface area (Å²) in [6.45, 7) is 1.33. The van der Waals surface area contributed by atoms with Crippen molar-refractivity contribution in [3.8, 4) is 0 Å². The molecular weight excluding hydrogens is 292 g/mol. The van der Waals surface area contributed by atoms with Crippen molar-refractivity contribution in [2.24, 2.45) is 0 Å². The lowest BCUT2D eigenvalue weighted by atomic mass is 10.2. The summed E-state index contributed by atoms with van der Waals surface area (Å²) >= 11 is 6.19. The van der Waals surface area contributed by atoms with Gasteiger partial charge in [-0.2, -0.15) is 0 Å². The van der Waals surface area contributed by atoms with Gasteiger partial charge in [-0.05, 0) is 23.8 Å². The minimum Gasteiger partial charge on any atom is -0.378 e. The highest BCUT2D eigenvalue weighted by atomic mass is 32.2. The van der Waals surface area contributed by atoms with E-state index in [4.69, 9.17) is 12.2 Å². The number of rotatable bonds is 2. The Morgan fingerprint density at radius 2 is 1.90 bits per heavy atom. The van der Waals surface area contributed by atoms with Crippen LogP contribution in [-0.4, -0.2) is 35.1 Å². The number of thioether (sulfide) groups is 1. The van der Waals surface area contributed by atoms with Gasteiger partial charge in [-0.15, -0.1) is 0 Å². The zero-order valence-corrected chi connectivity index (χ0v) is 13.0. The van der Waals surface area contributed by atoms with Crippen LogP contribution in [0.2, 0.25) is 0 Å². The summed E-state index contributed by atoms with van der Waals surface area (Å²) in [4.78, 5) is 26.9. The van der Waals surface area contributed by atoms with E-state index < -0.39 is 0 Å². The van der Waals surface area contributed by atoms with E-state index in [2.05, 4.69) is 0 Å². The second kappa shape index (κ2) is 5.76. The molecule has 1 aliphatic heterocycles. The van der Waals surface area contributed by atoms with Gasteiger partial charge in [-0.3, -0.25) is 9.59 Å². The molecule has 1 aromatic rings. The Morgan fingerprint density at radius 3 is 2.35 bits per heavy atom. The van der Waals surface area contributed by atoms with E-state index in [9.17, 15) is 9.59 Å². The fourth-order valence-electron chi connectivity index (χ4n) is 1.76. The highest BCUT2D eigenvalue weighted by Crippen LogP contribution is 2.32. The lowest BCUT2D eigenvalue weighted by Crippen LogP contribution is -2.32. The van der Waals surface area contributed by atoms with Crippen LogP contribution < -0.4 is 4.90 Å². The molecule has 0 spiro atoms. The molecule has 1 saturated heterocycles. The largest absolute Gasteiger partial charge is 0.378 e. The van der Waals surface area contributed by atoms with Gasteiger partial charge in [0.25, 0.3) is 5.91 Å². The molecule has 0 saturated carbocycles. The molecule has 0 aliphatic carbocycles. The Morgan fingerprint density at radius 1 is 1.30 bits per heavy atom. The molecule has 0 atom stereocenters. The molecule has 104 valence electrons. The lowest BCUT2D eigenvalue weighted by Gasteiger charge is -2.11. The number of hydrogen-bond acceptors (Lipinski definition) is 5. The molecule has 4 nitrogen and oxygen atoms in total. The molecule has 2 rings (SSSR count). The number of imide groups is 1. The van der Waals surface area contributed by atoms with Crippen molar-refractivity contribution in [2.45, 2.75) is 6.92 Å². The molecule has 0 aromatic heterocycles. The van der Waals surface area contributed by atoms with Gasteiger partial charge in [-0.1, -0.05) is 36.1 Å². The van der Waals surface area contributed by atoms with Gasteiger partial charge >= 0.3 is 0 Å². The predicted molar refractivity (Wildman–Crippen MR) is 86.5 cm³/mol. The number of thiocarbonyl (C=S) groups is 1. The summed E-state index contributed by atoms with van der Waals surface area (Å²) in [7, 11) is 3.93. The van der Waals surface area contributed by atoms with Crippen molar-refractivity contribution in [2.75, 3.05) is 19.0 Å². The van der Waals surface area contributed by atoms with Gasteiger partial charge in [0.05, 0.1) is 4.91 Å². The fraction of sp³-hybridized carbons (Fsp3) is 0.214. The molecule has 1 aliphatic rings. The molecule has 20 heavy (non-hydrogen) atoms. The van der Waals surface area contributed by atoms with Crippen molar-refractivity contribution in [3.05, 3.63) is 34.7 Å². The van der Waals surface area contributed by atoms with E-state index in [-0.39, 0.29) is 11.8 Å². The first-order valence-corrected chi connectivity index (χ1v) is 7.18. The molecule has 1 aromatic carbocycles. The average molecular weight is 306 g/mol. The van der Waals surface area contributed by atoms with Crippen molar-refractivity contribution < 1.29 is 9.59 Å². The Labute approximate surface area is 127 Å². The van der Waals surface area contributed by atoms with Gasteiger partial charge < -0.3 is 4.90 Å². The van der Waals surface area contributed by atoms with Crippen LogP contribution in [0.25, 0.3) is 6.08 Å². The number of carbonyl (C=O) groups is 2. The minimum absolute atomic E-state index is 0.290. The molecule has 1 fully saturated rings. The number of nitrogens with zero attached hydrogens (tertiary/aromatic N) is 2. The van der Waals surface area contributed by atoms with Crippen LogP contribution in [0.1, 0.15) is 12.5 Å². The van der Waals surface area contributed by atoms with Crippen LogP contribution in [0.5, 0.6) is 0 Å². The van der Waals surface area contributed by atoms with E-state index in [1.807, 2.05) is 43.3 Å². The quantitative estimate of drug-likeness (QED) is 0.620. The third kappa shape index (κ3) is 2.91. The Kier molecular flexibility index (Phi) is 4.25. The topological polar surface area (TPSA) is 40.6 Å². The number of benzene rings is 1. The molecule has 2 amide bonds. The van der Waals surface area contributed by atoms with E-state index >= 15 is 0 Å². The Balaban J connectivity index is 2.26. The van der Waals surface area contributed by atoms with Crippen molar-refractivity contribution in [3.63, 3.8) is 0 Å². The van der Waals surface area contributed by atoms with Gasteiger partial charge in [-0.25, -0.2) is 4.90 Å². The Hall–Kier alpha value is -1.66. The standard InChI is InChI=1S/C14H14N2O2S2/c1-9(17)16-13(18)12(20-14(16)19)8-10-4-6-11(7-5-10)15(2)3/h4-8H,1-3H3. The summed E-state index contributed by atoms with van der Waals surface area (Å²) in [5, 5.41) is 0. The molecular formula is C14H14N2O2S2. The van der Waals surface area contributed by atoms with Crippen LogP contribution >= 0.6 is 24.0 Å². The highest BCUT2D eigenvalue weighted by molar-refractivity contribution is 8.26. The van der Waals surface area contributed by atoms with Crippen LogP contribution in [-0.2, 0) is 9.59 Å². The summed E-state index contributed by atoms with van der Waals surface area (Å²) in [5.74, 6) is -0.692. The molecule has 0 bridgehead atoms. The summed E-state index contributed by atoms with van der Waals surface area (Å²) in [6, 6.07) is 7.79. The molecule has 0 unspecified atom stereocenters. The number of amides is 2. The van der Waals surface area contributed by atoms with Crippen LogP contribution in [0.15, 0.2) is 29.2 Å². The second-order valence-corrected chi connectivity index (χ2v) is 6.20. The number of anilines is 1. The molecule has 6 heteroatoms. The number of hydrogen-bond donors (Lipinski definition) is 0. The highest BCUT2D eigenvalue weighted by Gasteiger charge is 2.34. The Bertz CT molecular complexity index is 606.